The molecule has 1 aliphatic carbocycles. The summed E-state index contributed by atoms with van der Waals surface area (Å²) < 4.78 is 25.6. The molecule has 94 valence electrons. The van der Waals surface area contributed by atoms with E-state index < -0.39 is 21.3 Å². The lowest BCUT2D eigenvalue weighted by Crippen LogP contribution is -2.44. The highest BCUT2D eigenvalue weighted by molar-refractivity contribution is 7.90. The summed E-state index contributed by atoms with van der Waals surface area (Å²) in [7, 11) is -3.50. The standard InChI is InChI=1S/C9H18N2O3S2/c12-9(10-6-7-15)11-16(13,14)8-4-2-1-3-5-8/h8,15H,1-7H2,(H2,10,11,12). The second-order valence-corrected chi connectivity index (χ2v) is 6.29. The van der Waals surface area contributed by atoms with Crippen LogP contribution < -0.4 is 10.0 Å². The molecule has 1 rings (SSSR count). The van der Waals surface area contributed by atoms with Crippen molar-refractivity contribution in [2.45, 2.75) is 37.4 Å². The number of amides is 2. The van der Waals surface area contributed by atoms with Crippen LogP contribution >= 0.6 is 12.6 Å². The highest BCUT2D eigenvalue weighted by Crippen LogP contribution is 2.22. The van der Waals surface area contributed by atoms with Crippen LogP contribution in [0, 0.1) is 0 Å². The molecule has 1 saturated carbocycles. The molecule has 0 atom stereocenters. The zero-order valence-corrected chi connectivity index (χ0v) is 10.8. The zero-order chi connectivity index (χ0) is 12.0. The van der Waals surface area contributed by atoms with Gasteiger partial charge in [0.05, 0.1) is 5.25 Å². The number of rotatable bonds is 4. The highest BCUT2D eigenvalue weighted by atomic mass is 32.2. The summed E-state index contributed by atoms with van der Waals surface area (Å²) in [5.41, 5.74) is 0. The molecule has 0 spiro atoms. The summed E-state index contributed by atoms with van der Waals surface area (Å²) in [6.07, 6.45) is 4.22. The average Bonchev–Trinajstić information content (AvgIpc) is 2.27. The van der Waals surface area contributed by atoms with Gasteiger partial charge in [0.1, 0.15) is 0 Å². The molecule has 0 aromatic carbocycles. The van der Waals surface area contributed by atoms with Crippen molar-refractivity contribution in [1.29, 1.82) is 0 Å². The molecule has 5 nitrogen and oxygen atoms in total. The van der Waals surface area contributed by atoms with Gasteiger partial charge in [-0.3, -0.25) is 0 Å². The van der Waals surface area contributed by atoms with E-state index in [4.69, 9.17) is 0 Å². The second kappa shape index (κ2) is 6.34. The molecular formula is C9H18N2O3S2. The number of sulfonamides is 1. The van der Waals surface area contributed by atoms with Crippen LogP contribution in [0.5, 0.6) is 0 Å². The quantitative estimate of drug-likeness (QED) is 0.661. The van der Waals surface area contributed by atoms with Crippen LogP contribution in [0.25, 0.3) is 0 Å². The molecule has 0 radical (unpaired) electrons. The molecule has 0 aromatic heterocycles. The number of nitrogens with one attached hydrogen (secondary N) is 2. The average molecular weight is 266 g/mol. The predicted octanol–water partition coefficient (Wildman–Crippen LogP) is 0.878. The van der Waals surface area contributed by atoms with Gasteiger partial charge in [0.2, 0.25) is 10.0 Å². The van der Waals surface area contributed by atoms with Gasteiger partial charge in [-0.05, 0) is 12.8 Å². The molecule has 2 N–H and O–H groups in total. The first kappa shape index (κ1) is 13.6. The maximum absolute atomic E-state index is 11.8. The fourth-order valence-electron chi connectivity index (χ4n) is 1.79. The van der Waals surface area contributed by atoms with Crippen molar-refractivity contribution in [2.75, 3.05) is 12.3 Å². The molecule has 0 bridgehead atoms. The smallest absolute Gasteiger partial charge is 0.328 e. The lowest BCUT2D eigenvalue weighted by Gasteiger charge is -2.21. The fourth-order valence-corrected chi connectivity index (χ4v) is 3.36. The summed E-state index contributed by atoms with van der Waals surface area (Å²) in [5.74, 6) is 0.483. The van der Waals surface area contributed by atoms with Gasteiger partial charge in [-0.15, -0.1) is 0 Å². The van der Waals surface area contributed by atoms with E-state index in [1.807, 2.05) is 4.72 Å². The Morgan fingerprint density at radius 3 is 2.44 bits per heavy atom. The minimum Gasteiger partial charge on any atom is -0.337 e. The molecule has 0 aromatic rings. The Bertz CT molecular complexity index is 324. The number of hydrogen-bond acceptors (Lipinski definition) is 4. The van der Waals surface area contributed by atoms with Gasteiger partial charge < -0.3 is 5.32 Å². The van der Waals surface area contributed by atoms with Crippen molar-refractivity contribution in [3.8, 4) is 0 Å². The monoisotopic (exact) mass is 266 g/mol. The topological polar surface area (TPSA) is 75.3 Å². The van der Waals surface area contributed by atoms with Crippen LogP contribution in [-0.4, -0.2) is 32.0 Å². The van der Waals surface area contributed by atoms with Crippen LogP contribution in [0.15, 0.2) is 0 Å². The predicted molar refractivity (Wildman–Crippen MR) is 66.2 cm³/mol. The molecule has 1 aliphatic rings. The maximum atomic E-state index is 11.8. The minimum atomic E-state index is -3.50. The van der Waals surface area contributed by atoms with Crippen LogP contribution in [0.4, 0.5) is 4.79 Å². The lowest BCUT2D eigenvalue weighted by molar-refractivity contribution is 0.246. The SMILES string of the molecule is O=C(NCCS)NS(=O)(=O)C1CCCCC1. The van der Waals surface area contributed by atoms with Crippen LogP contribution in [-0.2, 0) is 10.0 Å². The first-order chi connectivity index (χ1) is 7.56. The Morgan fingerprint density at radius 1 is 1.25 bits per heavy atom. The largest absolute Gasteiger partial charge is 0.337 e. The summed E-state index contributed by atoms with van der Waals surface area (Å²) in [6.45, 7) is 0.356. The minimum absolute atomic E-state index is 0.356. The van der Waals surface area contributed by atoms with Gasteiger partial charge in [-0.2, -0.15) is 12.6 Å². The van der Waals surface area contributed by atoms with E-state index in [1.165, 1.54) is 0 Å². The highest BCUT2D eigenvalue weighted by Gasteiger charge is 2.28. The van der Waals surface area contributed by atoms with Gasteiger partial charge in [0.25, 0.3) is 0 Å². The Balaban J connectivity index is 2.46. The van der Waals surface area contributed by atoms with Crippen molar-refractivity contribution >= 4 is 28.7 Å². The molecule has 0 aliphatic heterocycles. The van der Waals surface area contributed by atoms with Crippen molar-refractivity contribution in [3.63, 3.8) is 0 Å². The molecule has 7 heteroatoms. The number of carbonyl (C=O) groups excluding carboxylic acids is 1. The van der Waals surface area contributed by atoms with E-state index in [-0.39, 0.29) is 0 Å². The Labute approximate surface area is 102 Å². The molecule has 0 unspecified atom stereocenters. The molecular weight excluding hydrogens is 248 g/mol. The molecule has 0 saturated heterocycles. The van der Waals surface area contributed by atoms with Crippen LogP contribution in [0.2, 0.25) is 0 Å². The third-order valence-electron chi connectivity index (χ3n) is 2.62. The van der Waals surface area contributed by atoms with E-state index in [2.05, 4.69) is 17.9 Å². The number of urea groups is 1. The maximum Gasteiger partial charge on any atom is 0.328 e. The van der Waals surface area contributed by atoms with Gasteiger partial charge >= 0.3 is 6.03 Å². The second-order valence-electron chi connectivity index (χ2n) is 3.89. The lowest BCUT2D eigenvalue weighted by atomic mass is 10.0. The van der Waals surface area contributed by atoms with Gasteiger partial charge in [0, 0.05) is 12.3 Å². The van der Waals surface area contributed by atoms with E-state index >= 15 is 0 Å². The number of carbonyl (C=O) groups is 1. The van der Waals surface area contributed by atoms with Gasteiger partial charge in [-0.1, -0.05) is 19.3 Å². The summed E-state index contributed by atoms with van der Waals surface area (Å²) >= 11 is 3.92. The Morgan fingerprint density at radius 2 is 1.88 bits per heavy atom. The van der Waals surface area contributed by atoms with E-state index in [0.29, 0.717) is 25.1 Å². The Hall–Kier alpha value is -0.430. The summed E-state index contributed by atoms with van der Waals surface area (Å²) in [6, 6.07) is -0.653. The van der Waals surface area contributed by atoms with Crippen molar-refractivity contribution in [2.24, 2.45) is 0 Å². The van der Waals surface area contributed by atoms with Crippen LogP contribution in [0.3, 0.4) is 0 Å². The summed E-state index contributed by atoms with van der Waals surface area (Å²) in [5, 5.41) is 2.01. The molecule has 1 fully saturated rings. The normalized spacial score (nSPS) is 18.1. The Kier molecular flexibility index (Phi) is 5.40. The number of hydrogen-bond donors (Lipinski definition) is 3. The third-order valence-corrected chi connectivity index (χ3v) is 4.67. The van der Waals surface area contributed by atoms with Gasteiger partial charge in [0.15, 0.2) is 0 Å². The molecule has 16 heavy (non-hydrogen) atoms. The summed E-state index contributed by atoms with van der Waals surface area (Å²) in [4.78, 5) is 11.2. The molecule has 0 heterocycles. The van der Waals surface area contributed by atoms with Crippen molar-refractivity contribution in [3.05, 3.63) is 0 Å². The van der Waals surface area contributed by atoms with Gasteiger partial charge in [-0.25, -0.2) is 17.9 Å². The first-order valence-corrected chi connectivity index (χ1v) is 7.64. The first-order valence-electron chi connectivity index (χ1n) is 5.46. The van der Waals surface area contributed by atoms with E-state index in [9.17, 15) is 13.2 Å². The zero-order valence-electron chi connectivity index (χ0n) is 9.11. The third kappa shape index (κ3) is 4.21. The van der Waals surface area contributed by atoms with Crippen molar-refractivity contribution in [1.82, 2.24) is 10.0 Å². The number of thiol groups is 1. The van der Waals surface area contributed by atoms with E-state index in [1.54, 1.807) is 0 Å². The van der Waals surface area contributed by atoms with Crippen LogP contribution in [0.1, 0.15) is 32.1 Å². The molecule has 2 amide bonds. The fraction of sp³-hybridized carbons (Fsp3) is 0.889. The van der Waals surface area contributed by atoms with E-state index in [0.717, 1.165) is 19.3 Å². The van der Waals surface area contributed by atoms with Crippen molar-refractivity contribution < 1.29 is 13.2 Å².